The lowest BCUT2D eigenvalue weighted by atomic mass is 9.79. The van der Waals surface area contributed by atoms with Crippen LogP contribution in [0, 0.1) is 11.8 Å². The van der Waals surface area contributed by atoms with Crippen molar-refractivity contribution >= 4 is 17.6 Å². The molecule has 0 spiro atoms. The molecule has 140 valence electrons. The first kappa shape index (κ1) is 17.3. The fraction of sp³-hybridized carbons (Fsp3) is 0.647. The third kappa shape index (κ3) is 3.40. The summed E-state index contributed by atoms with van der Waals surface area (Å²) in [5.74, 6) is -3.23. The van der Waals surface area contributed by atoms with Crippen LogP contribution < -0.4 is 5.32 Å². The van der Waals surface area contributed by atoms with E-state index < -0.39 is 17.9 Å². The van der Waals surface area contributed by atoms with Gasteiger partial charge in [0.1, 0.15) is 6.10 Å². The zero-order valence-corrected chi connectivity index (χ0v) is 14.1. The molecule has 3 atom stereocenters. The Bertz CT molecular complexity index is 695. The number of carbonyl (C=O) groups is 2. The monoisotopic (exact) mass is 366 g/mol. The van der Waals surface area contributed by atoms with Gasteiger partial charge in [0.25, 0.3) is 5.91 Å². The average Bonchev–Trinajstić information content (AvgIpc) is 3.03. The molecule has 1 saturated carbocycles. The van der Waals surface area contributed by atoms with E-state index in [-0.39, 0.29) is 36.7 Å². The van der Waals surface area contributed by atoms with Crippen molar-refractivity contribution in [1.29, 1.82) is 0 Å². The zero-order chi connectivity index (χ0) is 18.3. The summed E-state index contributed by atoms with van der Waals surface area (Å²) < 4.78 is 31.9. The minimum Gasteiger partial charge on any atom is -0.363 e. The molecule has 0 bridgehead atoms. The van der Waals surface area contributed by atoms with Crippen molar-refractivity contribution < 1.29 is 23.1 Å². The molecular weight excluding hydrogens is 346 g/mol. The third-order valence-electron chi connectivity index (χ3n) is 5.41. The number of alkyl halides is 2. The fourth-order valence-electron chi connectivity index (χ4n) is 3.96. The summed E-state index contributed by atoms with van der Waals surface area (Å²) in [7, 11) is 0. The highest BCUT2D eigenvalue weighted by atomic mass is 19.3. The number of nitrogens with one attached hydrogen (secondary N) is 1. The number of hydrogen-bond acceptors (Lipinski definition) is 5. The first-order valence-corrected chi connectivity index (χ1v) is 8.80. The molecule has 3 aliphatic rings. The molecule has 1 aliphatic carbocycles. The van der Waals surface area contributed by atoms with Crippen LogP contribution in [0.1, 0.15) is 25.7 Å². The van der Waals surface area contributed by atoms with Crippen LogP contribution in [0.2, 0.25) is 0 Å². The number of ether oxygens (including phenoxy) is 1. The third-order valence-corrected chi connectivity index (χ3v) is 5.41. The number of halogens is 2. The molecule has 4 rings (SSSR count). The van der Waals surface area contributed by atoms with E-state index in [4.69, 9.17) is 4.74 Å². The number of hydrogen-bond donors (Lipinski definition) is 1. The van der Waals surface area contributed by atoms with Gasteiger partial charge in [-0.25, -0.2) is 13.8 Å². The van der Waals surface area contributed by atoms with Crippen molar-refractivity contribution in [2.75, 3.05) is 18.4 Å². The molecular formula is C17H20F2N4O3. The molecule has 0 radical (unpaired) electrons. The van der Waals surface area contributed by atoms with E-state index in [1.807, 2.05) is 0 Å². The summed E-state index contributed by atoms with van der Waals surface area (Å²) in [4.78, 5) is 34.2. The van der Waals surface area contributed by atoms with Crippen LogP contribution in [0.25, 0.3) is 0 Å². The van der Waals surface area contributed by atoms with Gasteiger partial charge in [0.2, 0.25) is 11.8 Å². The van der Waals surface area contributed by atoms with E-state index >= 15 is 0 Å². The van der Waals surface area contributed by atoms with Gasteiger partial charge in [-0.3, -0.25) is 14.6 Å². The summed E-state index contributed by atoms with van der Waals surface area (Å²) in [6, 6.07) is 0. The number of piperidine rings is 1. The molecule has 1 aromatic rings. The molecule has 2 aliphatic heterocycles. The Morgan fingerprint density at radius 2 is 2.12 bits per heavy atom. The van der Waals surface area contributed by atoms with E-state index in [2.05, 4.69) is 15.3 Å². The molecule has 1 aromatic heterocycles. The number of rotatable bonds is 3. The fourth-order valence-corrected chi connectivity index (χ4v) is 3.96. The normalized spacial score (nSPS) is 30.4. The number of fused-ring (bicyclic) bond motifs is 1. The largest absolute Gasteiger partial charge is 0.363 e. The smallest absolute Gasteiger partial charge is 0.254 e. The summed E-state index contributed by atoms with van der Waals surface area (Å²) in [6.45, 7) is 0.893. The number of amides is 2. The van der Waals surface area contributed by atoms with Crippen LogP contribution in [-0.4, -0.2) is 57.9 Å². The van der Waals surface area contributed by atoms with Crippen molar-refractivity contribution in [3.8, 4) is 0 Å². The zero-order valence-electron chi connectivity index (χ0n) is 14.1. The van der Waals surface area contributed by atoms with Crippen LogP contribution in [0.5, 0.6) is 0 Å². The maximum Gasteiger partial charge on any atom is 0.254 e. The maximum absolute atomic E-state index is 13.0. The summed E-state index contributed by atoms with van der Waals surface area (Å²) in [6.07, 6.45) is 4.20. The molecule has 1 N–H and O–H groups in total. The number of nitrogens with zero attached hydrogens (tertiary/aromatic N) is 3. The first-order chi connectivity index (χ1) is 12.4. The lowest BCUT2D eigenvalue weighted by molar-refractivity contribution is -0.163. The van der Waals surface area contributed by atoms with Gasteiger partial charge >= 0.3 is 0 Å². The van der Waals surface area contributed by atoms with E-state index in [0.29, 0.717) is 31.7 Å². The second kappa shape index (κ2) is 6.53. The van der Waals surface area contributed by atoms with Gasteiger partial charge < -0.3 is 15.0 Å². The van der Waals surface area contributed by atoms with Crippen LogP contribution in [-0.2, 0) is 14.3 Å². The minimum absolute atomic E-state index is 0.194. The molecule has 3 heterocycles. The minimum atomic E-state index is -2.70. The van der Waals surface area contributed by atoms with Gasteiger partial charge in [0, 0.05) is 44.2 Å². The van der Waals surface area contributed by atoms with E-state index in [9.17, 15) is 18.4 Å². The Balaban J connectivity index is 1.32. The van der Waals surface area contributed by atoms with Gasteiger partial charge in [-0.05, 0) is 18.8 Å². The Labute approximate surface area is 149 Å². The molecule has 7 nitrogen and oxygen atoms in total. The molecule has 2 saturated heterocycles. The molecule has 3 fully saturated rings. The van der Waals surface area contributed by atoms with Crippen LogP contribution >= 0.6 is 0 Å². The Hall–Kier alpha value is -2.16. The Kier molecular flexibility index (Phi) is 4.34. The predicted molar refractivity (Wildman–Crippen MR) is 86.3 cm³/mol. The number of anilines is 1. The van der Waals surface area contributed by atoms with Crippen molar-refractivity contribution in [1.82, 2.24) is 14.9 Å². The van der Waals surface area contributed by atoms with E-state index in [0.717, 1.165) is 0 Å². The second-order valence-electron chi connectivity index (χ2n) is 7.27. The number of carbonyl (C=O) groups excluding carboxylic acids is 2. The lowest BCUT2D eigenvalue weighted by Crippen LogP contribution is -2.52. The predicted octanol–water partition coefficient (Wildman–Crippen LogP) is 1.47. The van der Waals surface area contributed by atoms with Gasteiger partial charge in [-0.15, -0.1) is 0 Å². The molecule has 9 heteroatoms. The molecule has 0 aromatic carbocycles. The number of likely N-dealkylation sites (tertiary alicyclic amines) is 1. The standard InChI is InChI=1S/C17H20F2N4O3/c18-17(19)6-11(7-17)16(25)23-4-1-10-5-12(26-13(10)9-23)15(24)22-14-8-20-2-3-21-14/h2-3,8,10-13H,1,4-7,9H2,(H,21,22,24)/t10-,12+,13+/m1/s1. The first-order valence-electron chi connectivity index (χ1n) is 8.80. The Morgan fingerprint density at radius 3 is 2.81 bits per heavy atom. The summed E-state index contributed by atoms with van der Waals surface area (Å²) >= 11 is 0. The highest BCUT2D eigenvalue weighted by molar-refractivity contribution is 5.93. The molecule has 0 unspecified atom stereocenters. The average molecular weight is 366 g/mol. The summed E-state index contributed by atoms with van der Waals surface area (Å²) in [5, 5.41) is 2.67. The van der Waals surface area contributed by atoms with Crippen molar-refractivity contribution in [2.45, 2.75) is 43.8 Å². The van der Waals surface area contributed by atoms with Crippen LogP contribution in [0.4, 0.5) is 14.6 Å². The highest BCUT2D eigenvalue weighted by Crippen LogP contribution is 2.44. The lowest BCUT2D eigenvalue weighted by Gasteiger charge is -2.40. The SMILES string of the molecule is O=C(Nc1cnccn1)[C@@H]1C[C@H]2CCN(C(=O)C3CC(F)(F)C3)C[C@@H]2O1. The van der Waals surface area contributed by atoms with Crippen molar-refractivity contribution in [3.63, 3.8) is 0 Å². The van der Waals surface area contributed by atoms with Crippen LogP contribution in [0.3, 0.4) is 0 Å². The van der Waals surface area contributed by atoms with E-state index in [1.54, 1.807) is 4.90 Å². The maximum atomic E-state index is 13.0. The van der Waals surface area contributed by atoms with Gasteiger partial charge in [-0.1, -0.05) is 0 Å². The molecule has 26 heavy (non-hydrogen) atoms. The number of aromatic nitrogens is 2. The van der Waals surface area contributed by atoms with Gasteiger partial charge in [0.15, 0.2) is 5.82 Å². The highest BCUT2D eigenvalue weighted by Gasteiger charge is 2.51. The van der Waals surface area contributed by atoms with Gasteiger partial charge in [-0.2, -0.15) is 0 Å². The summed E-state index contributed by atoms with van der Waals surface area (Å²) in [5.41, 5.74) is 0. The van der Waals surface area contributed by atoms with Crippen molar-refractivity contribution in [2.24, 2.45) is 11.8 Å². The van der Waals surface area contributed by atoms with Crippen molar-refractivity contribution in [3.05, 3.63) is 18.6 Å². The second-order valence-corrected chi connectivity index (χ2v) is 7.27. The molecule has 2 amide bonds. The van der Waals surface area contributed by atoms with E-state index in [1.165, 1.54) is 18.6 Å². The quantitative estimate of drug-likeness (QED) is 0.876. The van der Waals surface area contributed by atoms with Gasteiger partial charge in [0.05, 0.1) is 12.3 Å². The Morgan fingerprint density at radius 1 is 1.31 bits per heavy atom. The van der Waals surface area contributed by atoms with Crippen LogP contribution in [0.15, 0.2) is 18.6 Å². The topological polar surface area (TPSA) is 84.4 Å².